The van der Waals surface area contributed by atoms with Gasteiger partial charge in [-0.15, -0.1) is 0 Å². The number of carbonyl (C=O) groups excluding carboxylic acids is 3. The van der Waals surface area contributed by atoms with Gasteiger partial charge in [-0.2, -0.15) is 11.8 Å². The summed E-state index contributed by atoms with van der Waals surface area (Å²) in [6.07, 6.45) is 4.14. The van der Waals surface area contributed by atoms with E-state index in [9.17, 15) is 24.3 Å². The summed E-state index contributed by atoms with van der Waals surface area (Å²) in [5, 5.41) is 20.7. The third-order valence-electron chi connectivity index (χ3n) is 5.77. The van der Waals surface area contributed by atoms with Gasteiger partial charge in [0, 0.05) is 6.42 Å². The fourth-order valence-corrected chi connectivity index (χ4v) is 4.26. The lowest BCUT2D eigenvalue weighted by Crippen LogP contribution is -2.58. The smallest absolute Gasteiger partial charge is 0.326 e. The van der Waals surface area contributed by atoms with Gasteiger partial charge in [-0.05, 0) is 49.3 Å². The van der Waals surface area contributed by atoms with Crippen LogP contribution in [0.3, 0.4) is 0 Å². The summed E-state index contributed by atoms with van der Waals surface area (Å²) >= 11 is 1.56. The van der Waals surface area contributed by atoms with E-state index in [0.29, 0.717) is 18.6 Å². The Bertz CT molecular complexity index is 830. The van der Waals surface area contributed by atoms with Crippen molar-refractivity contribution >= 4 is 35.5 Å². The summed E-state index contributed by atoms with van der Waals surface area (Å²) in [5.74, 6) is -2.09. The van der Waals surface area contributed by atoms with E-state index in [4.69, 9.17) is 0 Å². The molecule has 1 aliphatic rings. The Morgan fingerprint density at radius 3 is 2.29 bits per heavy atom. The van der Waals surface area contributed by atoms with Crippen LogP contribution in [0.5, 0.6) is 0 Å². The van der Waals surface area contributed by atoms with Gasteiger partial charge in [-0.25, -0.2) is 4.79 Å². The number of thioether (sulfide) groups is 1. The molecule has 4 atom stereocenters. The maximum absolute atomic E-state index is 13.2. The Hall–Kier alpha value is -2.59. The number of hydrogen-bond acceptors (Lipinski definition) is 6. The van der Waals surface area contributed by atoms with Crippen LogP contribution in [0.15, 0.2) is 30.3 Å². The van der Waals surface area contributed by atoms with Gasteiger partial charge in [0.2, 0.25) is 17.7 Å². The molecule has 1 aromatic rings. The summed E-state index contributed by atoms with van der Waals surface area (Å²) in [6.45, 7) is 4.17. The van der Waals surface area contributed by atoms with Crippen molar-refractivity contribution < 1.29 is 24.3 Å². The molecule has 10 heteroatoms. The molecule has 0 saturated carbocycles. The molecule has 3 amide bonds. The predicted octanol–water partition coefficient (Wildman–Crippen LogP) is 0.929. The lowest BCUT2D eigenvalue weighted by molar-refractivity contribution is -0.143. The zero-order chi connectivity index (χ0) is 25.1. The van der Waals surface area contributed by atoms with Crippen LogP contribution in [0.1, 0.15) is 38.7 Å². The lowest BCUT2D eigenvalue weighted by atomic mass is 10.0. The maximum Gasteiger partial charge on any atom is 0.326 e. The molecular weight excluding hydrogens is 456 g/mol. The van der Waals surface area contributed by atoms with Crippen LogP contribution in [0.4, 0.5) is 0 Å². The van der Waals surface area contributed by atoms with Crippen molar-refractivity contribution in [1.29, 1.82) is 0 Å². The molecule has 0 radical (unpaired) electrons. The zero-order valence-electron chi connectivity index (χ0n) is 20.0. The Kier molecular flexibility index (Phi) is 11.4. The fraction of sp³-hybridized carbons (Fsp3) is 0.583. The molecule has 1 aliphatic heterocycles. The van der Waals surface area contributed by atoms with Gasteiger partial charge in [-0.3, -0.25) is 14.4 Å². The highest BCUT2D eigenvalue weighted by atomic mass is 32.2. The first-order valence-corrected chi connectivity index (χ1v) is 13.0. The molecule has 34 heavy (non-hydrogen) atoms. The Morgan fingerprint density at radius 1 is 1.06 bits per heavy atom. The number of benzene rings is 1. The summed E-state index contributed by atoms with van der Waals surface area (Å²) in [6, 6.07) is 5.99. The second-order valence-corrected chi connectivity index (χ2v) is 9.80. The highest BCUT2D eigenvalue weighted by molar-refractivity contribution is 7.98. The molecule has 1 aromatic carbocycles. The molecule has 0 aromatic heterocycles. The van der Waals surface area contributed by atoms with E-state index in [1.165, 1.54) is 0 Å². The highest BCUT2D eigenvalue weighted by Crippen LogP contribution is 2.10. The van der Waals surface area contributed by atoms with Crippen LogP contribution in [0.25, 0.3) is 0 Å². The molecule has 1 saturated heterocycles. The Morgan fingerprint density at radius 2 is 1.74 bits per heavy atom. The monoisotopic (exact) mass is 492 g/mol. The van der Waals surface area contributed by atoms with Gasteiger partial charge < -0.3 is 26.4 Å². The molecule has 0 aliphatic carbocycles. The number of aliphatic carboxylic acids is 1. The average molecular weight is 493 g/mol. The third-order valence-corrected chi connectivity index (χ3v) is 6.41. The highest BCUT2D eigenvalue weighted by Gasteiger charge is 2.32. The molecule has 188 valence electrons. The van der Waals surface area contributed by atoms with E-state index in [2.05, 4.69) is 21.3 Å². The fourth-order valence-electron chi connectivity index (χ4n) is 3.78. The van der Waals surface area contributed by atoms with Crippen LogP contribution in [0, 0.1) is 5.92 Å². The predicted molar refractivity (Wildman–Crippen MR) is 132 cm³/mol. The molecule has 2 rings (SSSR count). The first kappa shape index (κ1) is 27.7. The summed E-state index contributed by atoms with van der Waals surface area (Å²) in [5.41, 5.74) is 0.819. The van der Waals surface area contributed by atoms with Gasteiger partial charge in [0.05, 0.1) is 6.04 Å². The van der Waals surface area contributed by atoms with Gasteiger partial charge in [-0.1, -0.05) is 44.2 Å². The summed E-state index contributed by atoms with van der Waals surface area (Å²) in [4.78, 5) is 50.5. The minimum absolute atomic E-state index is 0.191. The number of carboxylic acids is 1. The number of hydrogen-bond donors (Lipinski definition) is 5. The Labute approximate surface area is 205 Å². The molecule has 4 unspecified atom stereocenters. The number of rotatable bonds is 13. The van der Waals surface area contributed by atoms with E-state index in [0.717, 1.165) is 18.5 Å². The summed E-state index contributed by atoms with van der Waals surface area (Å²) in [7, 11) is 0. The number of nitrogens with one attached hydrogen (secondary N) is 4. The van der Waals surface area contributed by atoms with E-state index >= 15 is 0 Å². The second kappa shape index (κ2) is 14.0. The van der Waals surface area contributed by atoms with Crippen LogP contribution in [-0.4, -0.2) is 71.5 Å². The van der Waals surface area contributed by atoms with E-state index in [-0.39, 0.29) is 24.3 Å². The first-order chi connectivity index (χ1) is 16.2. The van der Waals surface area contributed by atoms with Gasteiger partial charge >= 0.3 is 5.97 Å². The van der Waals surface area contributed by atoms with Crippen LogP contribution >= 0.6 is 11.8 Å². The standard InChI is InChI=1S/C24H36N4O5S/c1-15(2)20(24(32)33)28-23(31)19(14-16-8-5-4-6-9-16)27-22(30)18(11-13-34-3)26-21(29)17-10-7-12-25-17/h4-6,8-9,15,17-20,25H,7,10-14H2,1-3H3,(H,26,29)(H,27,30)(H,28,31)(H,32,33). The van der Waals surface area contributed by atoms with E-state index in [1.807, 2.05) is 36.6 Å². The number of carboxylic acid groups (broad SMARTS) is 1. The molecule has 1 fully saturated rings. The lowest BCUT2D eigenvalue weighted by Gasteiger charge is -2.26. The normalized spacial score (nSPS) is 18.1. The molecule has 5 N–H and O–H groups in total. The third kappa shape index (κ3) is 8.64. The van der Waals surface area contributed by atoms with Crippen LogP contribution in [0.2, 0.25) is 0 Å². The van der Waals surface area contributed by atoms with E-state index in [1.54, 1.807) is 25.6 Å². The van der Waals surface area contributed by atoms with Gasteiger partial charge in [0.15, 0.2) is 0 Å². The van der Waals surface area contributed by atoms with Crippen molar-refractivity contribution in [1.82, 2.24) is 21.3 Å². The Balaban J connectivity index is 2.17. The molecule has 0 bridgehead atoms. The first-order valence-electron chi connectivity index (χ1n) is 11.6. The average Bonchev–Trinajstić information content (AvgIpc) is 3.34. The van der Waals surface area contributed by atoms with Crippen molar-refractivity contribution in [3.63, 3.8) is 0 Å². The van der Waals surface area contributed by atoms with Gasteiger partial charge in [0.1, 0.15) is 18.1 Å². The molecule has 0 spiro atoms. The van der Waals surface area contributed by atoms with Crippen molar-refractivity contribution in [2.75, 3.05) is 18.6 Å². The van der Waals surface area contributed by atoms with Gasteiger partial charge in [0.25, 0.3) is 0 Å². The van der Waals surface area contributed by atoms with E-state index < -0.39 is 35.9 Å². The quantitative estimate of drug-likeness (QED) is 0.276. The maximum atomic E-state index is 13.2. The molecule has 1 heterocycles. The topological polar surface area (TPSA) is 137 Å². The second-order valence-electron chi connectivity index (χ2n) is 8.81. The SMILES string of the molecule is CSCCC(NC(=O)C1CCCN1)C(=O)NC(Cc1ccccc1)C(=O)NC(C(=O)O)C(C)C. The van der Waals surface area contributed by atoms with Crippen molar-refractivity contribution in [2.24, 2.45) is 5.92 Å². The molecule has 9 nitrogen and oxygen atoms in total. The number of amides is 3. The van der Waals surface area contributed by atoms with Crippen molar-refractivity contribution in [3.05, 3.63) is 35.9 Å². The largest absolute Gasteiger partial charge is 0.480 e. The number of carbonyl (C=O) groups is 4. The van der Waals surface area contributed by atoms with Crippen LogP contribution in [-0.2, 0) is 25.6 Å². The molecular formula is C24H36N4O5S. The summed E-state index contributed by atoms with van der Waals surface area (Å²) < 4.78 is 0. The van der Waals surface area contributed by atoms with Crippen molar-refractivity contribution in [2.45, 2.75) is 63.7 Å². The van der Waals surface area contributed by atoms with Crippen molar-refractivity contribution in [3.8, 4) is 0 Å². The minimum atomic E-state index is -1.14. The zero-order valence-corrected chi connectivity index (χ0v) is 20.8. The van der Waals surface area contributed by atoms with Crippen LogP contribution < -0.4 is 21.3 Å². The minimum Gasteiger partial charge on any atom is -0.480 e.